The van der Waals surface area contributed by atoms with Crippen LogP contribution in [-0.2, 0) is 6.42 Å². The third-order valence-corrected chi connectivity index (χ3v) is 11.5. The van der Waals surface area contributed by atoms with Crippen LogP contribution in [0.4, 0.5) is 0 Å². The number of fused-ring (bicyclic) bond motifs is 12. The van der Waals surface area contributed by atoms with Gasteiger partial charge in [-0.3, -0.25) is 0 Å². The Morgan fingerprint density at radius 3 is 2.22 bits per heavy atom. The molecule has 54 heavy (non-hydrogen) atoms. The largest absolute Gasteiger partial charge is 0.485 e. The van der Waals surface area contributed by atoms with Gasteiger partial charge in [-0.1, -0.05) is 91.0 Å². The summed E-state index contributed by atoms with van der Waals surface area (Å²) in [5, 5.41) is 16.2. The van der Waals surface area contributed by atoms with E-state index in [1.54, 1.807) is 0 Å². The number of benzene rings is 7. The molecular formula is C49H29N3O2. The summed E-state index contributed by atoms with van der Waals surface area (Å²) >= 11 is 0. The predicted molar refractivity (Wildman–Crippen MR) is 217 cm³/mol. The number of furan rings is 1. The number of nitrogens with zero attached hydrogens (tertiary/aromatic N) is 3. The van der Waals surface area contributed by atoms with Crippen molar-refractivity contribution in [2.45, 2.75) is 12.5 Å². The van der Waals surface area contributed by atoms with Crippen LogP contribution in [0.3, 0.4) is 0 Å². The molecule has 7 aromatic carbocycles. The molecule has 1 aliphatic heterocycles. The zero-order chi connectivity index (χ0) is 35.5. The standard InChI is InChI=1S/C49H29N3O2/c50-28-31-21-20-30(23-43(31)52-42-17-6-2-13-34(42)38-25-40-36-15-4-8-19-47(36)54-49(40)27-45(38)52)29-10-9-11-32(22-29)51-41-16-5-1-12-33(41)37-24-39-35-14-3-7-18-46(35)53-48(39)26-44(37)51/h1-25,27,48H,26H2. The first kappa shape index (κ1) is 29.3. The van der Waals surface area contributed by atoms with Crippen LogP contribution < -0.4 is 4.74 Å². The van der Waals surface area contributed by atoms with E-state index in [2.05, 4.69) is 143 Å². The lowest BCUT2D eigenvalue weighted by molar-refractivity contribution is 0.274. The topological polar surface area (TPSA) is 56.0 Å². The SMILES string of the molecule is N#Cc1ccc(-c2cccc(-n3c4c(c5ccccc53)C=C3c5ccccc5OC3C4)c2)cc1-n1c2ccccc2c2cc3c(cc21)oc1ccccc13. The Morgan fingerprint density at radius 1 is 0.574 bits per heavy atom. The van der Waals surface area contributed by atoms with Gasteiger partial charge in [0, 0.05) is 67.5 Å². The van der Waals surface area contributed by atoms with Gasteiger partial charge in [0.25, 0.3) is 0 Å². The molecule has 3 aromatic heterocycles. The lowest BCUT2D eigenvalue weighted by Gasteiger charge is -2.21. The van der Waals surface area contributed by atoms with Gasteiger partial charge in [-0.15, -0.1) is 0 Å². The van der Waals surface area contributed by atoms with Gasteiger partial charge in [0.05, 0.1) is 27.8 Å². The van der Waals surface area contributed by atoms with Gasteiger partial charge in [-0.2, -0.15) is 5.26 Å². The first-order valence-electron chi connectivity index (χ1n) is 18.3. The molecular weight excluding hydrogens is 663 g/mol. The van der Waals surface area contributed by atoms with Gasteiger partial charge in [-0.05, 0) is 71.8 Å². The molecule has 1 atom stereocenters. The van der Waals surface area contributed by atoms with Crippen LogP contribution in [0, 0.1) is 11.3 Å². The highest BCUT2D eigenvalue weighted by Crippen LogP contribution is 2.46. The van der Waals surface area contributed by atoms with Crippen molar-refractivity contribution in [3.05, 3.63) is 174 Å². The van der Waals surface area contributed by atoms with Crippen LogP contribution in [-0.4, -0.2) is 15.2 Å². The van der Waals surface area contributed by atoms with Crippen molar-refractivity contribution in [2.75, 3.05) is 0 Å². The second-order valence-electron chi connectivity index (χ2n) is 14.3. The van der Waals surface area contributed by atoms with E-state index in [0.717, 1.165) is 78.4 Å². The summed E-state index contributed by atoms with van der Waals surface area (Å²) < 4.78 is 17.5. The molecule has 0 spiro atoms. The van der Waals surface area contributed by atoms with Gasteiger partial charge >= 0.3 is 0 Å². The van der Waals surface area contributed by atoms with Crippen molar-refractivity contribution < 1.29 is 9.15 Å². The molecule has 0 fully saturated rings. The number of rotatable bonds is 3. The van der Waals surface area contributed by atoms with Crippen molar-refractivity contribution in [1.82, 2.24) is 9.13 Å². The lowest BCUT2D eigenvalue weighted by Crippen LogP contribution is -2.21. The summed E-state index contributed by atoms with van der Waals surface area (Å²) in [5.41, 5.74) is 14.5. The molecule has 0 saturated heterocycles. The van der Waals surface area contributed by atoms with E-state index in [9.17, 15) is 5.26 Å². The van der Waals surface area contributed by atoms with E-state index in [-0.39, 0.29) is 6.10 Å². The maximum atomic E-state index is 10.5. The molecule has 5 heteroatoms. The molecule has 0 amide bonds. The highest BCUT2D eigenvalue weighted by atomic mass is 16.5. The maximum Gasteiger partial charge on any atom is 0.137 e. The Bertz CT molecular complexity index is 3310. The van der Waals surface area contributed by atoms with E-state index in [1.807, 2.05) is 30.3 Å². The smallest absolute Gasteiger partial charge is 0.137 e. The summed E-state index contributed by atoms with van der Waals surface area (Å²) in [6.07, 6.45) is 3.10. The third kappa shape index (κ3) is 4.02. The van der Waals surface area contributed by atoms with Gasteiger partial charge in [-0.25, -0.2) is 0 Å². The van der Waals surface area contributed by atoms with Crippen LogP contribution in [0.1, 0.15) is 22.4 Å². The summed E-state index contributed by atoms with van der Waals surface area (Å²) in [5.74, 6) is 0.957. The van der Waals surface area contributed by atoms with E-state index >= 15 is 0 Å². The Balaban J connectivity index is 1.04. The average molecular weight is 692 g/mol. The maximum absolute atomic E-state index is 10.5. The molecule has 12 rings (SSSR count). The van der Waals surface area contributed by atoms with Crippen LogP contribution in [0.15, 0.2) is 156 Å². The first-order chi connectivity index (χ1) is 26.7. The minimum atomic E-state index is -0.0192. The zero-order valence-electron chi connectivity index (χ0n) is 29.0. The van der Waals surface area contributed by atoms with Crippen molar-refractivity contribution in [3.63, 3.8) is 0 Å². The summed E-state index contributed by atoms with van der Waals surface area (Å²) in [4.78, 5) is 0. The molecule has 252 valence electrons. The fourth-order valence-electron chi connectivity index (χ4n) is 9.09. The van der Waals surface area contributed by atoms with Crippen molar-refractivity contribution in [1.29, 1.82) is 5.26 Å². The third-order valence-electron chi connectivity index (χ3n) is 11.5. The van der Waals surface area contributed by atoms with Gasteiger partial charge in [0.1, 0.15) is 29.1 Å². The molecule has 10 aromatic rings. The fourth-order valence-corrected chi connectivity index (χ4v) is 9.09. The Kier molecular flexibility index (Phi) is 5.90. The second-order valence-corrected chi connectivity index (χ2v) is 14.3. The quantitative estimate of drug-likeness (QED) is 0.185. The molecule has 0 radical (unpaired) electrons. The fraction of sp³-hybridized carbons (Fsp3) is 0.0408. The van der Waals surface area contributed by atoms with Gasteiger partial charge < -0.3 is 18.3 Å². The molecule has 0 N–H and O–H groups in total. The molecule has 0 bridgehead atoms. The highest BCUT2D eigenvalue weighted by Gasteiger charge is 2.35. The molecule has 0 saturated carbocycles. The van der Waals surface area contributed by atoms with Crippen molar-refractivity contribution in [3.8, 4) is 34.3 Å². The number of ether oxygens (including phenoxy) is 1. The molecule has 2 aliphatic rings. The number of hydrogen-bond acceptors (Lipinski definition) is 3. The van der Waals surface area contributed by atoms with E-state index in [1.165, 1.54) is 33.3 Å². The number of aromatic nitrogens is 2. The molecule has 4 heterocycles. The minimum Gasteiger partial charge on any atom is -0.485 e. The Labute approximate surface area is 309 Å². The van der Waals surface area contributed by atoms with E-state index in [4.69, 9.17) is 9.15 Å². The summed E-state index contributed by atoms with van der Waals surface area (Å²) in [6, 6.07) is 55.5. The summed E-state index contributed by atoms with van der Waals surface area (Å²) in [7, 11) is 0. The monoisotopic (exact) mass is 691 g/mol. The minimum absolute atomic E-state index is 0.0192. The van der Waals surface area contributed by atoms with Crippen molar-refractivity contribution in [2.24, 2.45) is 0 Å². The summed E-state index contributed by atoms with van der Waals surface area (Å²) in [6.45, 7) is 0. The lowest BCUT2D eigenvalue weighted by atomic mass is 9.90. The first-order valence-corrected chi connectivity index (χ1v) is 18.3. The van der Waals surface area contributed by atoms with Crippen LogP contribution in [0.5, 0.6) is 5.75 Å². The number of hydrogen-bond donors (Lipinski definition) is 0. The predicted octanol–water partition coefficient (Wildman–Crippen LogP) is 12.0. The normalized spacial score (nSPS) is 14.6. The molecule has 1 aliphatic carbocycles. The van der Waals surface area contributed by atoms with Gasteiger partial charge in [0.15, 0.2) is 0 Å². The van der Waals surface area contributed by atoms with Crippen LogP contribution in [0.25, 0.3) is 88.8 Å². The molecule has 1 unspecified atom stereocenters. The highest BCUT2D eigenvalue weighted by molar-refractivity contribution is 6.17. The van der Waals surface area contributed by atoms with Crippen LogP contribution >= 0.6 is 0 Å². The number of para-hydroxylation sites is 4. The van der Waals surface area contributed by atoms with E-state index < -0.39 is 0 Å². The second kappa shape index (κ2) is 10.9. The number of nitriles is 1. The average Bonchev–Trinajstić information content (AvgIpc) is 3.96. The Morgan fingerprint density at radius 2 is 1.33 bits per heavy atom. The zero-order valence-corrected chi connectivity index (χ0v) is 29.0. The Hall–Kier alpha value is -7.29. The van der Waals surface area contributed by atoms with Gasteiger partial charge in [0.2, 0.25) is 0 Å². The van der Waals surface area contributed by atoms with E-state index in [0.29, 0.717) is 5.56 Å². The van der Waals surface area contributed by atoms with Crippen molar-refractivity contribution >= 4 is 66.3 Å². The molecule has 5 nitrogen and oxygen atoms in total. The van der Waals surface area contributed by atoms with Crippen LogP contribution in [0.2, 0.25) is 0 Å².